The monoisotopic (exact) mass is 249 g/mol. The van der Waals surface area contributed by atoms with Crippen molar-refractivity contribution in [2.45, 2.75) is 6.42 Å². The van der Waals surface area contributed by atoms with Crippen LogP contribution >= 0.6 is 0 Å². The normalized spacial score (nSPS) is 17.8. The lowest BCUT2D eigenvalue weighted by atomic mass is 10.3. The van der Waals surface area contributed by atoms with Crippen LogP contribution in [0.5, 0.6) is 0 Å². The van der Waals surface area contributed by atoms with E-state index in [1.54, 1.807) is 12.3 Å². The van der Waals surface area contributed by atoms with Crippen molar-refractivity contribution >= 4 is 11.5 Å². The van der Waals surface area contributed by atoms with Gasteiger partial charge < -0.3 is 20.9 Å². The Bertz CT molecular complexity index is 360. The predicted octanol–water partition coefficient (Wildman–Crippen LogP) is 0.713. The van der Waals surface area contributed by atoms with Gasteiger partial charge in [0.05, 0.1) is 0 Å². The third-order valence-electron chi connectivity index (χ3n) is 3.34. The van der Waals surface area contributed by atoms with E-state index in [9.17, 15) is 0 Å². The van der Waals surface area contributed by atoms with Crippen molar-refractivity contribution in [2.75, 3.05) is 57.4 Å². The maximum Gasteiger partial charge on any atom is 0.127 e. The molecule has 5 nitrogen and oxygen atoms in total. The first-order valence-corrected chi connectivity index (χ1v) is 6.60. The van der Waals surface area contributed by atoms with Crippen molar-refractivity contribution in [2.24, 2.45) is 0 Å². The summed E-state index contributed by atoms with van der Waals surface area (Å²) in [4.78, 5) is 9.13. The Morgan fingerprint density at radius 1 is 1.33 bits per heavy atom. The molecule has 1 aliphatic rings. The van der Waals surface area contributed by atoms with E-state index in [1.165, 1.54) is 26.2 Å². The van der Waals surface area contributed by atoms with Gasteiger partial charge in [-0.3, -0.25) is 0 Å². The van der Waals surface area contributed by atoms with Gasteiger partial charge >= 0.3 is 0 Å². The van der Waals surface area contributed by atoms with E-state index in [4.69, 9.17) is 5.73 Å². The number of nitrogens with two attached hydrogens (primary N) is 1. The largest absolute Gasteiger partial charge is 0.399 e. The minimum Gasteiger partial charge on any atom is -0.399 e. The molecule has 3 N–H and O–H groups in total. The Kier molecular flexibility index (Phi) is 4.78. The number of anilines is 2. The van der Waals surface area contributed by atoms with Gasteiger partial charge in [-0.05, 0) is 26.1 Å². The average molecular weight is 249 g/mol. The minimum absolute atomic E-state index is 0.756. The molecule has 0 amide bonds. The van der Waals surface area contributed by atoms with E-state index in [0.29, 0.717) is 0 Å². The summed E-state index contributed by atoms with van der Waals surface area (Å²) in [6.07, 6.45) is 2.87. The molecule has 0 radical (unpaired) electrons. The summed E-state index contributed by atoms with van der Waals surface area (Å²) in [7, 11) is 2.18. The summed E-state index contributed by atoms with van der Waals surface area (Å²) in [5, 5.41) is 3.31. The van der Waals surface area contributed by atoms with E-state index in [2.05, 4.69) is 27.1 Å². The van der Waals surface area contributed by atoms with E-state index < -0.39 is 0 Å². The van der Waals surface area contributed by atoms with Crippen LogP contribution in [-0.2, 0) is 0 Å². The Hall–Kier alpha value is -1.33. The second-order valence-corrected chi connectivity index (χ2v) is 4.90. The van der Waals surface area contributed by atoms with Crippen LogP contribution in [0.25, 0.3) is 0 Å². The molecule has 0 atom stereocenters. The molecule has 100 valence electrons. The zero-order valence-corrected chi connectivity index (χ0v) is 11.1. The molecule has 0 saturated carbocycles. The SMILES string of the molecule is CN1CCN(CCCNc2cc(N)ccn2)CC1. The molecule has 1 aromatic heterocycles. The highest BCUT2D eigenvalue weighted by Crippen LogP contribution is 2.07. The molecule has 0 aliphatic carbocycles. The number of rotatable bonds is 5. The van der Waals surface area contributed by atoms with Crippen molar-refractivity contribution in [3.63, 3.8) is 0 Å². The topological polar surface area (TPSA) is 57.4 Å². The predicted molar refractivity (Wildman–Crippen MR) is 75.7 cm³/mol. The van der Waals surface area contributed by atoms with Gasteiger partial charge in [-0.1, -0.05) is 0 Å². The van der Waals surface area contributed by atoms with Crippen LogP contribution in [0.3, 0.4) is 0 Å². The summed E-state index contributed by atoms with van der Waals surface area (Å²) in [6.45, 7) is 6.85. The van der Waals surface area contributed by atoms with Crippen molar-refractivity contribution in [1.29, 1.82) is 0 Å². The molecular formula is C13H23N5. The molecule has 0 spiro atoms. The van der Waals surface area contributed by atoms with Gasteiger partial charge in [-0.2, -0.15) is 0 Å². The number of hydrogen-bond acceptors (Lipinski definition) is 5. The highest BCUT2D eigenvalue weighted by Gasteiger charge is 2.12. The van der Waals surface area contributed by atoms with Crippen LogP contribution < -0.4 is 11.1 Å². The van der Waals surface area contributed by atoms with Crippen molar-refractivity contribution in [3.8, 4) is 0 Å². The number of likely N-dealkylation sites (N-methyl/N-ethyl adjacent to an activating group) is 1. The van der Waals surface area contributed by atoms with E-state index in [-0.39, 0.29) is 0 Å². The lowest BCUT2D eigenvalue weighted by molar-refractivity contribution is 0.154. The maximum atomic E-state index is 5.70. The molecule has 2 rings (SSSR count). The van der Waals surface area contributed by atoms with Gasteiger partial charge in [0.25, 0.3) is 0 Å². The molecule has 2 heterocycles. The number of nitrogens with one attached hydrogen (secondary N) is 1. The van der Waals surface area contributed by atoms with Crippen molar-refractivity contribution < 1.29 is 0 Å². The molecule has 1 saturated heterocycles. The van der Waals surface area contributed by atoms with Crippen molar-refractivity contribution in [1.82, 2.24) is 14.8 Å². The van der Waals surface area contributed by atoms with Crippen molar-refractivity contribution in [3.05, 3.63) is 18.3 Å². The van der Waals surface area contributed by atoms with Gasteiger partial charge in [0.2, 0.25) is 0 Å². The standard InChI is InChI=1S/C13H23N5/c1-17-7-9-18(10-8-17)6-2-4-15-13-11-12(14)3-5-16-13/h3,5,11H,2,4,6-10H2,1H3,(H3,14,15,16). The van der Waals surface area contributed by atoms with Gasteiger partial charge in [-0.25, -0.2) is 4.98 Å². The van der Waals surface area contributed by atoms with Gasteiger partial charge in [0.1, 0.15) is 5.82 Å². The number of hydrogen-bond donors (Lipinski definition) is 2. The zero-order chi connectivity index (χ0) is 12.8. The van der Waals surface area contributed by atoms with Gasteiger partial charge in [-0.15, -0.1) is 0 Å². The zero-order valence-electron chi connectivity index (χ0n) is 11.1. The summed E-state index contributed by atoms with van der Waals surface area (Å²) >= 11 is 0. The Labute approximate surface area is 109 Å². The lowest BCUT2D eigenvalue weighted by Crippen LogP contribution is -2.44. The lowest BCUT2D eigenvalue weighted by Gasteiger charge is -2.32. The van der Waals surface area contributed by atoms with Gasteiger partial charge in [0, 0.05) is 50.7 Å². The summed E-state index contributed by atoms with van der Waals surface area (Å²) in [5.74, 6) is 0.869. The van der Waals surface area contributed by atoms with Crippen LogP contribution in [0.1, 0.15) is 6.42 Å². The highest BCUT2D eigenvalue weighted by molar-refractivity contribution is 5.48. The number of nitrogen functional groups attached to an aromatic ring is 1. The Morgan fingerprint density at radius 3 is 2.83 bits per heavy atom. The first-order chi connectivity index (χ1) is 8.74. The van der Waals surface area contributed by atoms with Crippen LogP contribution in [0.4, 0.5) is 11.5 Å². The molecule has 0 unspecified atom stereocenters. The van der Waals surface area contributed by atoms with E-state index in [0.717, 1.165) is 31.0 Å². The first kappa shape index (κ1) is 13.1. The highest BCUT2D eigenvalue weighted by atomic mass is 15.2. The second kappa shape index (κ2) is 6.56. The number of pyridine rings is 1. The minimum atomic E-state index is 0.756. The molecular weight excluding hydrogens is 226 g/mol. The third kappa shape index (κ3) is 4.16. The van der Waals surface area contributed by atoms with E-state index >= 15 is 0 Å². The number of aromatic nitrogens is 1. The summed E-state index contributed by atoms with van der Waals surface area (Å²) < 4.78 is 0. The fraction of sp³-hybridized carbons (Fsp3) is 0.615. The molecule has 0 aromatic carbocycles. The maximum absolute atomic E-state index is 5.70. The summed E-state index contributed by atoms with van der Waals surface area (Å²) in [5.41, 5.74) is 6.46. The van der Waals surface area contributed by atoms with Crippen LogP contribution in [-0.4, -0.2) is 61.1 Å². The summed E-state index contributed by atoms with van der Waals surface area (Å²) in [6, 6.07) is 3.67. The van der Waals surface area contributed by atoms with E-state index in [1.807, 2.05) is 6.07 Å². The Balaban J connectivity index is 1.61. The van der Waals surface area contributed by atoms with Gasteiger partial charge in [0.15, 0.2) is 0 Å². The first-order valence-electron chi connectivity index (χ1n) is 6.60. The van der Waals surface area contributed by atoms with Crippen LogP contribution in [0.15, 0.2) is 18.3 Å². The molecule has 18 heavy (non-hydrogen) atoms. The quantitative estimate of drug-likeness (QED) is 0.753. The fourth-order valence-corrected chi connectivity index (χ4v) is 2.13. The molecule has 1 aromatic rings. The molecule has 0 bridgehead atoms. The second-order valence-electron chi connectivity index (χ2n) is 4.90. The molecule has 1 aliphatic heterocycles. The third-order valence-corrected chi connectivity index (χ3v) is 3.34. The van der Waals surface area contributed by atoms with Crippen LogP contribution in [0.2, 0.25) is 0 Å². The average Bonchev–Trinajstić information content (AvgIpc) is 2.37. The fourth-order valence-electron chi connectivity index (χ4n) is 2.13. The Morgan fingerprint density at radius 2 is 2.11 bits per heavy atom. The number of nitrogens with zero attached hydrogens (tertiary/aromatic N) is 3. The van der Waals surface area contributed by atoms with Crippen LogP contribution in [0, 0.1) is 0 Å². The smallest absolute Gasteiger partial charge is 0.127 e. The molecule has 5 heteroatoms. The number of piperazine rings is 1. The molecule has 1 fully saturated rings.